The summed E-state index contributed by atoms with van der Waals surface area (Å²) in [6.07, 6.45) is 1.76. The Labute approximate surface area is 129 Å². The first-order chi connectivity index (χ1) is 10.2. The minimum absolute atomic E-state index is 0.696. The summed E-state index contributed by atoms with van der Waals surface area (Å²) in [6, 6.07) is 13.8. The normalized spacial score (nSPS) is 11.1. The maximum Gasteiger partial charge on any atom is 0.114 e. The van der Waals surface area contributed by atoms with E-state index in [1.54, 1.807) is 0 Å². The zero-order chi connectivity index (χ0) is 14.8. The lowest BCUT2D eigenvalue weighted by Crippen LogP contribution is -2.05. The molecule has 0 radical (unpaired) electrons. The standard InChI is InChI=1S/C17H18ClN3/c1-2-9-21-16-6-4-3-5-15(16)20-17(21)11-12-10-13(18)7-8-14(12)19/h3-8,10H,2,9,11,19H2,1H3. The lowest BCUT2D eigenvalue weighted by atomic mass is 10.1. The summed E-state index contributed by atoms with van der Waals surface area (Å²) in [5.41, 5.74) is 10.0. The fraction of sp³-hybridized carbons (Fsp3) is 0.235. The molecule has 0 unspecified atom stereocenters. The van der Waals surface area contributed by atoms with Gasteiger partial charge in [-0.2, -0.15) is 0 Å². The summed E-state index contributed by atoms with van der Waals surface area (Å²) < 4.78 is 2.27. The highest BCUT2D eigenvalue weighted by Gasteiger charge is 2.12. The van der Waals surface area contributed by atoms with E-state index in [0.717, 1.165) is 35.6 Å². The van der Waals surface area contributed by atoms with Crippen molar-refractivity contribution in [2.45, 2.75) is 26.3 Å². The molecule has 0 fully saturated rings. The Balaban J connectivity index is 2.07. The summed E-state index contributed by atoms with van der Waals surface area (Å²) in [7, 11) is 0. The van der Waals surface area contributed by atoms with E-state index in [0.29, 0.717) is 11.4 Å². The van der Waals surface area contributed by atoms with Crippen LogP contribution in [0.2, 0.25) is 5.02 Å². The molecule has 2 aromatic carbocycles. The van der Waals surface area contributed by atoms with E-state index in [2.05, 4.69) is 17.6 Å². The molecule has 0 aliphatic carbocycles. The van der Waals surface area contributed by atoms with Gasteiger partial charge in [-0.1, -0.05) is 30.7 Å². The number of hydrogen-bond donors (Lipinski definition) is 1. The van der Waals surface area contributed by atoms with Gasteiger partial charge in [-0.15, -0.1) is 0 Å². The smallest absolute Gasteiger partial charge is 0.114 e. The Hall–Kier alpha value is -2.00. The largest absolute Gasteiger partial charge is 0.398 e. The monoisotopic (exact) mass is 299 g/mol. The third-order valence-electron chi connectivity index (χ3n) is 3.63. The second kappa shape index (κ2) is 5.78. The van der Waals surface area contributed by atoms with Gasteiger partial charge in [0.2, 0.25) is 0 Å². The van der Waals surface area contributed by atoms with E-state index in [9.17, 15) is 0 Å². The summed E-state index contributed by atoms with van der Waals surface area (Å²) >= 11 is 6.08. The molecule has 3 nitrogen and oxygen atoms in total. The third-order valence-corrected chi connectivity index (χ3v) is 3.87. The molecule has 21 heavy (non-hydrogen) atoms. The minimum atomic E-state index is 0.696. The fourth-order valence-corrected chi connectivity index (χ4v) is 2.83. The molecule has 3 rings (SSSR count). The molecule has 4 heteroatoms. The Morgan fingerprint density at radius 1 is 1.19 bits per heavy atom. The van der Waals surface area contributed by atoms with E-state index in [1.807, 2.05) is 36.4 Å². The van der Waals surface area contributed by atoms with Crippen LogP contribution < -0.4 is 5.73 Å². The lowest BCUT2D eigenvalue weighted by molar-refractivity contribution is 0.664. The number of fused-ring (bicyclic) bond motifs is 1. The van der Waals surface area contributed by atoms with Gasteiger partial charge in [-0.25, -0.2) is 4.98 Å². The van der Waals surface area contributed by atoms with Crippen molar-refractivity contribution in [2.75, 3.05) is 5.73 Å². The number of imidazole rings is 1. The summed E-state index contributed by atoms with van der Waals surface area (Å²) in [5, 5.41) is 0.706. The highest BCUT2D eigenvalue weighted by atomic mass is 35.5. The molecular formula is C17H18ClN3. The molecule has 108 valence electrons. The highest BCUT2D eigenvalue weighted by Crippen LogP contribution is 2.23. The average molecular weight is 300 g/mol. The Morgan fingerprint density at radius 2 is 2.00 bits per heavy atom. The third kappa shape index (κ3) is 2.74. The lowest BCUT2D eigenvalue weighted by Gasteiger charge is -2.09. The van der Waals surface area contributed by atoms with E-state index in [1.165, 1.54) is 5.52 Å². The Bertz CT molecular complexity index is 777. The predicted molar refractivity (Wildman–Crippen MR) is 88.7 cm³/mol. The van der Waals surface area contributed by atoms with Crippen LogP contribution in [-0.4, -0.2) is 9.55 Å². The Kier molecular flexibility index (Phi) is 3.84. The van der Waals surface area contributed by atoms with Crippen LogP contribution in [0.3, 0.4) is 0 Å². The molecule has 1 aromatic heterocycles. The number of benzene rings is 2. The first-order valence-corrected chi connectivity index (χ1v) is 7.55. The molecule has 0 bridgehead atoms. The summed E-state index contributed by atoms with van der Waals surface area (Å²) in [4.78, 5) is 4.76. The minimum Gasteiger partial charge on any atom is -0.398 e. The number of rotatable bonds is 4. The number of aromatic nitrogens is 2. The number of halogens is 1. The van der Waals surface area contributed by atoms with Gasteiger partial charge in [0.15, 0.2) is 0 Å². The summed E-state index contributed by atoms with van der Waals surface area (Å²) in [5.74, 6) is 1.03. The molecule has 0 spiro atoms. The van der Waals surface area contributed by atoms with Crippen LogP contribution in [-0.2, 0) is 13.0 Å². The van der Waals surface area contributed by atoms with Gasteiger partial charge in [0, 0.05) is 23.7 Å². The van der Waals surface area contributed by atoms with Crippen molar-refractivity contribution in [1.82, 2.24) is 9.55 Å². The second-order valence-corrected chi connectivity index (χ2v) is 5.62. The molecule has 0 amide bonds. The first-order valence-electron chi connectivity index (χ1n) is 7.17. The van der Waals surface area contributed by atoms with Crippen molar-refractivity contribution in [3.05, 3.63) is 58.9 Å². The van der Waals surface area contributed by atoms with Crippen LogP contribution in [0.25, 0.3) is 11.0 Å². The number of aryl methyl sites for hydroxylation is 1. The topological polar surface area (TPSA) is 43.8 Å². The molecule has 1 heterocycles. The molecule has 0 atom stereocenters. The van der Waals surface area contributed by atoms with Gasteiger partial charge in [0.25, 0.3) is 0 Å². The number of nitrogens with zero attached hydrogens (tertiary/aromatic N) is 2. The maximum atomic E-state index is 6.08. The zero-order valence-electron chi connectivity index (χ0n) is 12.0. The van der Waals surface area contributed by atoms with Gasteiger partial charge < -0.3 is 10.3 Å². The van der Waals surface area contributed by atoms with Crippen LogP contribution in [0.15, 0.2) is 42.5 Å². The number of hydrogen-bond acceptors (Lipinski definition) is 2. The van der Waals surface area contributed by atoms with Crippen LogP contribution >= 0.6 is 11.6 Å². The van der Waals surface area contributed by atoms with Gasteiger partial charge in [-0.3, -0.25) is 0 Å². The molecule has 0 aliphatic heterocycles. The van der Waals surface area contributed by atoms with Crippen molar-refractivity contribution in [1.29, 1.82) is 0 Å². The predicted octanol–water partition coefficient (Wildman–Crippen LogP) is 4.27. The van der Waals surface area contributed by atoms with Crippen molar-refractivity contribution in [3.8, 4) is 0 Å². The van der Waals surface area contributed by atoms with Crippen LogP contribution in [0.5, 0.6) is 0 Å². The number of nitrogens with two attached hydrogens (primary N) is 1. The maximum absolute atomic E-state index is 6.08. The second-order valence-electron chi connectivity index (χ2n) is 5.19. The number of nitrogen functional groups attached to an aromatic ring is 1. The van der Waals surface area contributed by atoms with Gasteiger partial charge in [-0.05, 0) is 42.3 Å². The van der Waals surface area contributed by atoms with Gasteiger partial charge in [0.1, 0.15) is 5.82 Å². The van der Waals surface area contributed by atoms with Crippen LogP contribution in [0.4, 0.5) is 5.69 Å². The van der Waals surface area contributed by atoms with E-state index < -0.39 is 0 Å². The van der Waals surface area contributed by atoms with Gasteiger partial charge in [0.05, 0.1) is 11.0 Å². The molecule has 0 saturated heterocycles. The Morgan fingerprint density at radius 3 is 2.81 bits per heavy atom. The highest BCUT2D eigenvalue weighted by molar-refractivity contribution is 6.30. The SMILES string of the molecule is CCCn1c(Cc2cc(Cl)ccc2N)nc2ccccc21. The molecular weight excluding hydrogens is 282 g/mol. The van der Waals surface area contributed by atoms with Gasteiger partial charge >= 0.3 is 0 Å². The molecule has 0 saturated carbocycles. The van der Waals surface area contributed by atoms with Crippen molar-refractivity contribution >= 4 is 28.3 Å². The average Bonchev–Trinajstić information content (AvgIpc) is 2.81. The number of anilines is 1. The van der Waals surface area contributed by atoms with Crippen molar-refractivity contribution in [3.63, 3.8) is 0 Å². The van der Waals surface area contributed by atoms with Crippen molar-refractivity contribution < 1.29 is 0 Å². The van der Waals surface area contributed by atoms with Crippen LogP contribution in [0, 0.1) is 0 Å². The first kappa shape index (κ1) is 14.0. The zero-order valence-corrected chi connectivity index (χ0v) is 12.8. The van der Waals surface area contributed by atoms with Crippen LogP contribution in [0.1, 0.15) is 24.7 Å². The molecule has 2 N–H and O–H groups in total. The number of para-hydroxylation sites is 2. The van der Waals surface area contributed by atoms with E-state index in [4.69, 9.17) is 22.3 Å². The quantitative estimate of drug-likeness (QED) is 0.731. The van der Waals surface area contributed by atoms with E-state index in [-0.39, 0.29) is 0 Å². The van der Waals surface area contributed by atoms with Crippen molar-refractivity contribution in [2.24, 2.45) is 0 Å². The molecule has 3 aromatic rings. The molecule has 0 aliphatic rings. The van der Waals surface area contributed by atoms with E-state index >= 15 is 0 Å². The summed E-state index contributed by atoms with van der Waals surface area (Å²) in [6.45, 7) is 3.13. The fourth-order valence-electron chi connectivity index (χ4n) is 2.63.